The molecule has 0 fully saturated rings. The van der Waals surface area contributed by atoms with Gasteiger partial charge < -0.3 is 10.2 Å². The standard InChI is InChI=1S/C30H36ClN3O4S/c1-6-22(3)32-30(36)24(5)33(19-25-15-17-26(31)18-16-25)29(35)20-34(28-14-10-11-21(2)23(28)4)39(37,38)27-12-8-7-9-13-27/h7-18,22,24H,6,19-20H2,1-5H3,(H,32,36)/t22-,24-/m0/s1. The Bertz CT molecular complexity index is 1400. The second kappa shape index (κ2) is 13.1. The van der Waals surface area contributed by atoms with E-state index in [9.17, 15) is 18.0 Å². The number of benzene rings is 3. The van der Waals surface area contributed by atoms with Crippen molar-refractivity contribution in [3.05, 3.63) is 94.5 Å². The van der Waals surface area contributed by atoms with E-state index in [1.54, 1.807) is 61.5 Å². The van der Waals surface area contributed by atoms with Crippen LogP contribution in [0.1, 0.15) is 43.9 Å². The molecule has 0 aliphatic heterocycles. The molecule has 3 aromatic rings. The number of aryl methyl sites for hydroxylation is 1. The van der Waals surface area contributed by atoms with E-state index in [-0.39, 0.29) is 23.4 Å². The lowest BCUT2D eigenvalue weighted by molar-refractivity contribution is -0.139. The third kappa shape index (κ3) is 7.40. The number of sulfonamides is 1. The molecule has 208 valence electrons. The van der Waals surface area contributed by atoms with E-state index >= 15 is 0 Å². The summed E-state index contributed by atoms with van der Waals surface area (Å²) >= 11 is 6.05. The molecule has 7 nitrogen and oxygen atoms in total. The van der Waals surface area contributed by atoms with Crippen LogP contribution in [0.15, 0.2) is 77.7 Å². The van der Waals surface area contributed by atoms with Crippen LogP contribution < -0.4 is 9.62 Å². The summed E-state index contributed by atoms with van der Waals surface area (Å²) in [5, 5.41) is 3.48. The van der Waals surface area contributed by atoms with Crippen molar-refractivity contribution in [1.82, 2.24) is 10.2 Å². The Labute approximate surface area is 236 Å². The summed E-state index contributed by atoms with van der Waals surface area (Å²) < 4.78 is 28.9. The summed E-state index contributed by atoms with van der Waals surface area (Å²) in [6.07, 6.45) is 0.735. The van der Waals surface area contributed by atoms with Gasteiger partial charge in [-0.25, -0.2) is 8.42 Å². The third-order valence-electron chi connectivity index (χ3n) is 6.89. The second-order valence-corrected chi connectivity index (χ2v) is 12.0. The number of halogens is 1. The van der Waals surface area contributed by atoms with Crippen molar-refractivity contribution in [1.29, 1.82) is 0 Å². The third-order valence-corrected chi connectivity index (χ3v) is 8.92. The van der Waals surface area contributed by atoms with Crippen molar-refractivity contribution >= 4 is 39.1 Å². The molecule has 0 spiro atoms. The summed E-state index contributed by atoms with van der Waals surface area (Å²) in [6.45, 7) is 8.86. The van der Waals surface area contributed by atoms with Crippen molar-refractivity contribution in [3.63, 3.8) is 0 Å². The highest BCUT2D eigenvalue weighted by Crippen LogP contribution is 2.29. The van der Waals surface area contributed by atoms with Crippen LogP contribution in [-0.4, -0.2) is 43.8 Å². The first-order valence-corrected chi connectivity index (χ1v) is 14.8. The number of carbonyl (C=O) groups excluding carboxylic acids is 2. The van der Waals surface area contributed by atoms with Gasteiger partial charge in [-0.15, -0.1) is 0 Å². The topological polar surface area (TPSA) is 86.8 Å². The molecule has 2 amide bonds. The number of amides is 2. The number of anilines is 1. The van der Waals surface area contributed by atoms with E-state index in [4.69, 9.17) is 11.6 Å². The summed E-state index contributed by atoms with van der Waals surface area (Å²) in [6, 6.07) is 19.5. The Hall–Kier alpha value is -3.36. The zero-order valence-electron chi connectivity index (χ0n) is 23.0. The van der Waals surface area contributed by atoms with E-state index < -0.39 is 28.5 Å². The fourth-order valence-electron chi connectivity index (χ4n) is 4.07. The van der Waals surface area contributed by atoms with Crippen LogP contribution >= 0.6 is 11.6 Å². The van der Waals surface area contributed by atoms with E-state index in [2.05, 4.69) is 5.32 Å². The number of nitrogens with one attached hydrogen (secondary N) is 1. The zero-order valence-corrected chi connectivity index (χ0v) is 24.6. The van der Waals surface area contributed by atoms with Crippen molar-refractivity contribution in [2.45, 2.75) is 64.6 Å². The molecule has 3 aromatic carbocycles. The first-order chi connectivity index (χ1) is 18.4. The first-order valence-electron chi connectivity index (χ1n) is 12.9. The molecule has 3 rings (SSSR count). The predicted molar refractivity (Wildman–Crippen MR) is 156 cm³/mol. The minimum absolute atomic E-state index is 0.0719. The van der Waals surface area contributed by atoms with Crippen LogP contribution in [0.5, 0.6) is 0 Å². The van der Waals surface area contributed by atoms with Gasteiger partial charge in [0.1, 0.15) is 12.6 Å². The summed E-state index contributed by atoms with van der Waals surface area (Å²) in [4.78, 5) is 28.6. The van der Waals surface area contributed by atoms with Crippen LogP contribution in [0.4, 0.5) is 5.69 Å². The molecule has 0 saturated heterocycles. The average molecular weight is 570 g/mol. The first kappa shape index (κ1) is 30.2. The highest BCUT2D eigenvalue weighted by Gasteiger charge is 2.33. The Morgan fingerprint density at radius 2 is 1.56 bits per heavy atom. The Morgan fingerprint density at radius 3 is 2.18 bits per heavy atom. The van der Waals surface area contributed by atoms with E-state index in [1.807, 2.05) is 33.8 Å². The molecule has 0 aliphatic carbocycles. The lowest BCUT2D eigenvalue weighted by atomic mass is 10.1. The smallest absolute Gasteiger partial charge is 0.264 e. The van der Waals surface area contributed by atoms with Gasteiger partial charge in [0.15, 0.2) is 0 Å². The Morgan fingerprint density at radius 1 is 0.923 bits per heavy atom. The van der Waals surface area contributed by atoms with Crippen LogP contribution in [0.3, 0.4) is 0 Å². The number of nitrogens with zero attached hydrogens (tertiary/aromatic N) is 2. The van der Waals surface area contributed by atoms with Gasteiger partial charge in [-0.1, -0.05) is 61.0 Å². The summed E-state index contributed by atoms with van der Waals surface area (Å²) in [5.41, 5.74) is 2.82. The molecule has 39 heavy (non-hydrogen) atoms. The second-order valence-electron chi connectivity index (χ2n) is 9.69. The van der Waals surface area contributed by atoms with E-state index in [0.29, 0.717) is 10.7 Å². The summed E-state index contributed by atoms with van der Waals surface area (Å²) in [5.74, 6) is -0.812. The van der Waals surface area contributed by atoms with Gasteiger partial charge in [-0.3, -0.25) is 13.9 Å². The highest BCUT2D eigenvalue weighted by molar-refractivity contribution is 7.92. The molecule has 2 atom stereocenters. The number of hydrogen-bond donors (Lipinski definition) is 1. The van der Waals surface area contributed by atoms with Crippen LogP contribution in [0.2, 0.25) is 5.02 Å². The average Bonchev–Trinajstić information content (AvgIpc) is 2.92. The van der Waals surface area contributed by atoms with Gasteiger partial charge in [0.2, 0.25) is 11.8 Å². The molecule has 0 radical (unpaired) electrons. The molecule has 0 unspecified atom stereocenters. The van der Waals surface area contributed by atoms with Gasteiger partial charge in [0.25, 0.3) is 10.0 Å². The van der Waals surface area contributed by atoms with Crippen LogP contribution in [0, 0.1) is 13.8 Å². The van der Waals surface area contributed by atoms with Crippen molar-refractivity contribution in [2.75, 3.05) is 10.8 Å². The maximum atomic E-state index is 14.0. The Kier molecular flexibility index (Phi) is 10.2. The van der Waals surface area contributed by atoms with Gasteiger partial charge >= 0.3 is 0 Å². The molecule has 0 heterocycles. The van der Waals surface area contributed by atoms with Gasteiger partial charge in [0.05, 0.1) is 10.6 Å². The maximum absolute atomic E-state index is 14.0. The monoisotopic (exact) mass is 569 g/mol. The maximum Gasteiger partial charge on any atom is 0.264 e. The number of rotatable bonds is 11. The minimum Gasteiger partial charge on any atom is -0.352 e. The quantitative estimate of drug-likeness (QED) is 0.331. The van der Waals surface area contributed by atoms with Crippen molar-refractivity contribution in [2.24, 2.45) is 0 Å². The van der Waals surface area contributed by atoms with Crippen molar-refractivity contribution < 1.29 is 18.0 Å². The van der Waals surface area contributed by atoms with E-state index in [1.165, 1.54) is 17.0 Å². The van der Waals surface area contributed by atoms with Gasteiger partial charge in [-0.05, 0) is 81.1 Å². The van der Waals surface area contributed by atoms with Gasteiger partial charge in [-0.2, -0.15) is 0 Å². The lowest BCUT2D eigenvalue weighted by Gasteiger charge is -2.33. The highest BCUT2D eigenvalue weighted by atomic mass is 35.5. The molecule has 1 N–H and O–H groups in total. The molecule has 0 aromatic heterocycles. The normalized spacial score (nSPS) is 12.9. The molecule has 0 bridgehead atoms. The number of hydrogen-bond acceptors (Lipinski definition) is 4. The fourth-order valence-corrected chi connectivity index (χ4v) is 5.69. The zero-order chi connectivity index (χ0) is 28.7. The van der Waals surface area contributed by atoms with Gasteiger partial charge in [0, 0.05) is 17.6 Å². The molecule has 9 heteroatoms. The van der Waals surface area contributed by atoms with Crippen LogP contribution in [0.25, 0.3) is 0 Å². The van der Waals surface area contributed by atoms with E-state index in [0.717, 1.165) is 27.4 Å². The molecular formula is C30H36ClN3O4S. The predicted octanol–water partition coefficient (Wildman–Crippen LogP) is 5.48. The molecular weight excluding hydrogens is 534 g/mol. The number of carbonyl (C=O) groups is 2. The SMILES string of the molecule is CC[C@H](C)NC(=O)[C@H](C)N(Cc1ccc(Cl)cc1)C(=O)CN(c1cccc(C)c1C)S(=O)(=O)c1ccccc1. The minimum atomic E-state index is -4.10. The van der Waals surface area contributed by atoms with Crippen molar-refractivity contribution in [3.8, 4) is 0 Å². The lowest BCUT2D eigenvalue weighted by Crippen LogP contribution is -2.52. The fraction of sp³-hybridized carbons (Fsp3) is 0.333. The largest absolute Gasteiger partial charge is 0.352 e. The summed E-state index contributed by atoms with van der Waals surface area (Å²) in [7, 11) is -4.10. The molecule has 0 saturated carbocycles. The van der Waals surface area contributed by atoms with Crippen LogP contribution in [-0.2, 0) is 26.2 Å². The Balaban J connectivity index is 2.05. The molecule has 0 aliphatic rings.